The van der Waals surface area contributed by atoms with Gasteiger partial charge in [0.15, 0.2) is 5.82 Å². The van der Waals surface area contributed by atoms with Crippen LogP contribution in [-0.4, -0.2) is 32.0 Å². The van der Waals surface area contributed by atoms with Gasteiger partial charge in [0.25, 0.3) is 11.5 Å². The first-order chi connectivity index (χ1) is 13.7. The number of fused-ring (bicyclic) bond motifs is 2. The fraction of sp³-hybridized carbons (Fsp3) is 0.150. The van der Waals surface area contributed by atoms with Gasteiger partial charge < -0.3 is 4.90 Å². The number of pyridine rings is 1. The van der Waals surface area contributed by atoms with E-state index in [4.69, 9.17) is 0 Å². The summed E-state index contributed by atoms with van der Waals surface area (Å²) in [4.78, 5) is 36.9. The van der Waals surface area contributed by atoms with Crippen molar-refractivity contribution in [3.05, 3.63) is 69.2 Å². The zero-order valence-electron chi connectivity index (χ0n) is 15.0. The van der Waals surface area contributed by atoms with Crippen molar-refractivity contribution >= 4 is 33.5 Å². The number of anilines is 1. The molecule has 1 aliphatic heterocycles. The summed E-state index contributed by atoms with van der Waals surface area (Å²) in [6, 6.07) is 11.2. The lowest BCUT2D eigenvalue weighted by Crippen LogP contribution is -2.32. The molecule has 0 spiro atoms. The first-order valence-electron chi connectivity index (χ1n) is 8.94. The standard InChI is InChI=1S/C20H15N5O2S/c1-2-10-24-14-8-4-3-7-13(14)15(18(24)26)16-19(27)25-20(28-16)22-17(23-25)12-6-5-9-21-11-12/h3-9,11H,2,10H2,1H3. The van der Waals surface area contributed by atoms with Crippen LogP contribution in [0.15, 0.2) is 53.6 Å². The lowest BCUT2D eigenvalue weighted by molar-refractivity contribution is -0.113. The summed E-state index contributed by atoms with van der Waals surface area (Å²) in [6.45, 7) is 2.63. The topological polar surface area (TPSA) is 80.5 Å². The van der Waals surface area contributed by atoms with Crippen LogP contribution in [0.4, 0.5) is 5.69 Å². The second-order valence-corrected chi connectivity index (χ2v) is 7.43. The quantitative estimate of drug-likeness (QED) is 0.535. The van der Waals surface area contributed by atoms with Crippen LogP contribution < -0.4 is 15.0 Å². The highest BCUT2D eigenvalue weighted by Gasteiger charge is 2.33. The van der Waals surface area contributed by atoms with Gasteiger partial charge in [-0.15, -0.1) is 5.10 Å². The normalized spacial score (nSPS) is 15.5. The van der Waals surface area contributed by atoms with Gasteiger partial charge in [-0.1, -0.05) is 36.5 Å². The summed E-state index contributed by atoms with van der Waals surface area (Å²) in [5, 5.41) is 4.34. The van der Waals surface area contributed by atoms with Crippen molar-refractivity contribution in [2.45, 2.75) is 13.3 Å². The molecule has 5 rings (SSSR count). The molecule has 1 aliphatic rings. The minimum absolute atomic E-state index is 0.142. The third kappa shape index (κ3) is 2.38. The zero-order chi connectivity index (χ0) is 19.3. The van der Waals surface area contributed by atoms with Crippen molar-refractivity contribution in [1.29, 1.82) is 0 Å². The van der Waals surface area contributed by atoms with Gasteiger partial charge >= 0.3 is 0 Å². The van der Waals surface area contributed by atoms with E-state index in [1.54, 1.807) is 23.4 Å². The SMILES string of the molecule is CCCN1C(=O)C(=c2sc3nc(-c4cccnc4)nn3c2=O)c2ccccc21. The summed E-state index contributed by atoms with van der Waals surface area (Å²) in [5.41, 5.74) is 2.49. The molecule has 0 N–H and O–H groups in total. The Morgan fingerprint density at radius 2 is 1.96 bits per heavy atom. The molecular formula is C20H15N5O2S. The molecule has 7 nitrogen and oxygen atoms in total. The lowest BCUT2D eigenvalue weighted by Gasteiger charge is -2.15. The summed E-state index contributed by atoms with van der Waals surface area (Å²) >= 11 is 1.20. The predicted molar refractivity (Wildman–Crippen MR) is 107 cm³/mol. The van der Waals surface area contributed by atoms with Crippen LogP contribution >= 0.6 is 11.3 Å². The summed E-state index contributed by atoms with van der Waals surface area (Å²) in [5.74, 6) is 0.302. The third-order valence-electron chi connectivity index (χ3n) is 4.67. The van der Waals surface area contributed by atoms with Crippen molar-refractivity contribution in [3.63, 3.8) is 0 Å². The number of carbonyl (C=O) groups is 1. The van der Waals surface area contributed by atoms with Crippen molar-refractivity contribution < 1.29 is 4.79 Å². The van der Waals surface area contributed by atoms with E-state index in [1.165, 1.54) is 15.9 Å². The van der Waals surface area contributed by atoms with Gasteiger partial charge in [-0.3, -0.25) is 14.6 Å². The van der Waals surface area contributed by atoms with Gasteiger partial charge in [0.2, 0.25) is 4.96 Å². The van der Waals surface area contributed by atoms with E-state index in [9.17, 15) is 9.59 Å². The maximum atomic E-state index is 13.1. The number of para-hydroxylation sites is 1. The van der Waals surface area contributed by atoms with Crippen molar-refractivity contribution in [2.75, 3.05) is 11.4 Å². The Labute approximate surface area is 163 Å². The van der Waals surface area contributed by atoms with E-state index in [2.05, 4.69) is 15.1 Å². The molecule has 0 unspecified atom stereocenters. The average Bonchev–Trinajstić information content (AvgIpc) is 3.35. The number of benzene rings is 1. The summed E-state index contributed by atoms with van der Waals surface area (Å²) < 4.78 is 1.65. The van der Waals surface area contributed by atoms with Gasteiger partial charge in [0, 0.05) is 30.1 Å². The number of carbonyl (C=O) groups excluding carboxylic acids is 1. The molecule has 0 radical (unpaired) electrons. The zero-order valence-corrected chi connectivity index (χ0v) is 15.8. The van der Waals surface area contributed by atoms with Crippen LogP contribution in [0, 0.1) is 0 Å². The number of aromatic nitrogens is 4. The Hall–Kier alpha value is -3.39. The number of hydrogen-bond donors (Lipinski definition) is 0. The first kappa shape index (κ1) is 16.8. The average molecular weight is 389 g/mol. The Kier molecular flexibility index (Phi) is 3.80. The van der Waals surface area contributed by atoms with E-state index in [-0.39, 0.29) is 11.5 Å². The number of amides is 1. The van der Waals surface area contributed by atoms with Crippen molar-refractivity contribution in [3.8, 4) is 11.4 Å². The molecule has 28 heavy (non-hydrogen) atoms. The van der Waals surface area contributed by atoms with Crippen LogP contribution in [0.25, 0.3) is 21.9 Å². The molecule has 0 aliphatic carbocycles. The molecule has 0 saturated heterocycles. The minimum atomic E-state index is -0.320. The molecule has 0 bridgehead atoms. The minimum Gasteiger partial charge on any atom is -0.308 e. The van der Waals surface area contributed by atoms with E-state index in [1.807, 2.05) is 37.3 Å². The smallest absolute Gasteiger partial charge is 0.291 e. The van der Waals surface area contributed by atoms with Crippen LogP contribution in [0.2, 0.25) is 0 Å². The Morgan fingerprint density at radius 3 is 2.71 bits per heavy atom. The maximum Gasteiger partial charge on any atom is 0.291 e. The molecule has 4 heterocycles. The fourth-order valence-electron chi connectivity index (χ4n) is 3.45. The number of hydrogen-bond acceptors (Lipinski definition) is 6. The van der Waals surface area contributed by atoms with E-state index in [0.717, 1.165) is 23.2 Å². The van der Waals surface area contributed by atoms with Gasteiger partial charge in [-0.05, 0) is 24.6 Å². The third-order valence-corrected chi connectivity index (χ3v) is 5.70. The molecule has 1 aromatic carbocycles. The van der Waals surface area contributed by atoms with Gasteiger partial charge in [-0.2, -0.15) is 9.50 Å². The number of nitrogens with zero attached hydrogens (tertiary/aromatic N) is 5. The molecule has 3 aromatic heterocycles. The van der Waals surface area contributed by atoms with Crippen LogP contribution in [0.1, 0.15) is 18.9 Å². The summed E-state index contributed by atoms with van der Waals surface area (Å²) in [7, 11) is 0. The van der Waals surface area contributed by atoms with Gasteiger partial charge in [-0.25, -0.2) is 0 Å². The Balaban J connectivity index is 1.74. The molecule has 0 saturated carbocycles. The molecule has 0 fully saturated rings. The fourth-order valence-corrected chi connectivity index (χ4v) is 4.45. The molecule has 4 aromatic rings. The number of rotatable bonds is 3. The van der Waals surface area contributed by atoms with Crippen molar-refractivity contribution in [1.82, 2.24) is 19.6 Å². The summed E-state index contributed by atoms with van der Waals surface area (Å²) in [6.07, 6.45) is 4.15. The van der Waals surface area contributed by atoms with Crippen LogP contribution in [-0.2, 0) is 4.79 Å². The molecule has 1 amide bonds. The molecule has 138 valence electrons. The van der Waals surface area contributed by atoms with E-state index < -0.39 is 0 Å². The number of thiazole rings is 1. The molecular weight excluding hydrogens is 374 g/mol. The van der Waals surface area contributed by atoms with Crippen LogP contribution in [0.5, 0.6) is 0 Å². The lowest BCUT2D eigenvalue weighted by atomic mass is 10.1. The monoisotopic (exact) mass is 389 g/mol. The highest BCUT2D eigenvalue weighted by Crippen LogP contribution is 2.35. The Bertz CT molecular complexity index is 1330. The highest BCUT2D eigenvalue weighted by molar-refractivity contribution is 7.15. The molecule has 0 atom stereocenters. The van der Waals surface area contributed by atoms with E-state index in [0.29, 0.717) is 27.4 Å². The second-order valence-electron chi connectivity index (χ2n) is 6.46. The highest BCUT2D eigenvalue weighted by atomic mass is 32.1. The second kappa shape index (κ2) is 6.35. The van der Waals surface area contributed by atoms with Gasteiger partial charge in [0.05, 0.1) is 11.3 Å². The van der Waals surface area contributed by atoms with Gasteiger partial charge in [0.1, 0.15) is 4.53 Å². The largest absolute Gasteiger partial charge is 0.308 e. The van der Waals surface area contributed by atoms with Crippen molar-refractivity contribution in [2.24, 2.45) is 0 Å². The predicted octanol–water partition coefficient (Wildman–Crippen LogP) is 1.89. The first-order valence-corrected chi connectivity index (χ1v) is 9.76. The van der Waals surface area contributed by atoms with Crippen LogP contribution in [0.3, 0.4) is 0 Å². The van der Waals surface area contributed by atoms with E-state index >= 15 is 0 Å². The molecule has 8 heteroatoms. The Morgan fingerprint density at radius 1 is 1.11 bits per heavy atom. The maximum absolute atomic E-state index is 13.1.